The molecule has 2 nitrogen and oxygen atoms in total. The molecule has 3 rings (SSSR count). The third-order valence-electron chi connectivity index (χ3n) is 3.56. The number of fused-ring (bicyclic) bond motifs is 1. The highest BCUT2D eigenvalue weighted by Crippen LogP contribution is 2.31. The number of carbonyl (C=O) groups excluding carboxylic acids is 1. The van der Waals surface area contributed by atoms with Crippen molar-refractivity contribution < 1.29 is 9.21 Å². The second-order valence-electron chi connectivity index (χ2n) is 6.28. The quantitative estimate of drug-likeness (QED) is 0.620. The second-order valence-corrected chi connectivity index (χ2v) is 6.28. The van der Waals surface area contributed by atoms with Gasteiger partial charge in [-0.15, -0.1) is 0 Å². The van der Waals surface area contributed by atoms with Crippen LogP contribution in [0.15, 0.2) is 59.0 Å². The van der Waals surface area contributed by atoms with Gasteiger partial charge in [-0.25, -0.2) is 0 Å². The van der Waals surface area contributed by atoms with Crippen LogP contribution in [0.1, 0.15) is 42.5 Å². The van der Waals surface area contributed by atoms with Gasteiger partial charge in [-0.05, 0) is 12.1 Å². The average Bonchev–Trinajstić information content (AvgIpc) is 2.91. The molecule has 1 heterocycles. The topological polar surface area (TPSA) is 30.2 Å². The molecule has 2 aromatic carbocycles. The van der Waals surface area contributed by atoms with Gasteiger partial charge in [-0.1, -0.05) is 63.2 Å². The molecule has 0 amide bonds. The molecule has 0 N–H and O–H groups in total. The van der Waals surface area contributed by atoms with Gasteiger partial charge in [0.2, 0.25) is 0 Å². The molecule has 0 aliphatic carbocycles. The standard InChI is InChI=1S/C19H18O2/c1-19(2,3)16-12-14-10-7-11-15(18(14)21-16)17(20)13-8-5-4-6-9-13/h4-12H,1-3H3. The van der Waals surface area contributed by atoms with E-state index in [1.807, 2.05) is 54.6 Å². The summed E-state index contributed by atoms with van der Waals surface area (Å²) in [6, 6.07) is 17.0. The van der Waals surface area contributed by atoms with Gasteiger partial charge in [0.15, 0.2) is 5.78 Å². The normalized spacial score (nSPS) is 11.8. The average molecular weight is 278 g/mol. The Morgan fingerprint density at radius 1 is 0.952 bits per heavy atom. The molecule has 0 saturated heterocycles. The maximum absolute atomic E-state index is 12.7. The van der Waals surface area contributed by atoms with Gasteiger partial charge >= 0.3 is 0 Å². The molecule has 1 aromatic heterocycles. The largest absolute Gasteiger partial charge is 0.460 e. The Labute approximate surface area is 124 Å². The molecule has 0 radical (unpaired) electrons. The molecule has 0 saturated carbocycles. The molecule has 3 aromatic rings. The SMILES string of the molecule is CC(C)(C)c1cc2cccc(C(=O)c3ccccc3)c2o1. The number of benzene rings is 2. The van der Waals surface area contributed by atoms with E-state index < -0.39 is 0 Å². The highest BCUT2D eigenvalue weighted by atomic mass is 16.3. The summed E-state index contributed by atoms with van der Waals surface area (Å²) in [6.45, 7) is 6.30. The Morgan fingerprint density at radius 2 is 1.67 bits per heavy atom. The van der Waals surface area contributed by atoms with Crippen molar-refractivity contribution in [3.8, 4) is 0 Å². The van der Waals surface area contributed by atoms with Crippen LogP contribution >= 0.6 is 0 Å². The van der Waals surface area contributed by atoms with Crippen molar-refractivity contribution in [3.05, 3.63) is 71.5 Å². The van der Waals surface area contributed by atoms with E-state index in [0.717, 1.165) is 11.1 Å². The fourth-order valence-electron chi connectivity index (χ4n) is 2.36. The number of furan rings is 1. The first kappa shape index (κ1) is 13.6. The number of para-hydroxylation sites is 1. The van der Waals surface area contributed by atoms with E-state index in [1.54, 1.807) is 0 Å². The van der Waals surface area contributed by atoms with Crippen molar-refractivity contribution >= 4 is 16.8 Å². The third-order valence-corrected chi connectivity index (χ3v) is 3.56. The zero-order chi connectivity index (χ0) is 15.0. The predicted molar refractivity (Wildman–Crippen MR) is 84.8 cm³/mol. The van der Waals surface area contributed by atoms with Crippen LogP contribution in [0.4, 0.5) is 0 Å². The summed E-state index contributed by atoms with van der Waals surface area (Å²) < 4.78 is 5.99. The minimum absolute atomic E-state index is 0.00370. The maximum Gasteiger partial charge on any atom is 0.196 e. The molecule has 21 heavy (non-hydrogen) atoms. The monoisotopic (exact) mass is 278 g/mol. The lowest BCUT2D eigenvalue weighted by Gasteiger charge is -2.13. The van der Waals surface area contributed by atoms with Crippen molar-refractivity contribution in [2.45, 2.75) is 26.2 Å². The van der Waals surface area contributed by atoms with Crippen LogP contribution in [-0.2, 0) is 5.41 Å². The fraction of sp³-hybridized carbons (Fsp3) is 0.211. The van der Waals surface area contributed by atoms with Crippen LogP contribution in [-0.4, -0.2) is 5.78 Å². The van der Waals surface area contributed by atoms with Gasteiger partial charge in [0.05, 0.1) is 5.56 Å². The van der Waals surface area contributed by atoms with Gasteiger partial charge in [-0.3, -0.25) is 4.79 Å². The lowest BCUT2D eigenvalue weighted by atomic mass is 9.93. The molecule has 2 heteroatoms. The van der Waals surface area contributed by atoms with Crippen molar-refractivity contribution in [2.75, 3.05) is 0 Å². The number of rotatable bonds is 2. The van der Waals surface area contributed by atoms with Gasteiger partial charge in [0.1, 0.15) is 11.3 Å². The van der Waals surface area contributed by atoms with Crippen molar-refractivity contribution in [1.82, 2.24) is 0 Å². The third kappa shape index (κ3) is 2.49. The lowest BCUT2D eigenvalue weighted by Crippen LogP contribution is -2.09. The van der Waals surface area contributed by atoms with E-state index in [9.17, 15) is 4.79 Å². The minimum Gasteiger partial charge on any atom is -0.460 e. The van der Waals surface area contributed by atoms with Crippen molar-refractivity contribution in [2.24, 2.45) is 0 Å². The molecule has 0 aliphatic heterocycles. The van der Waals surface area contributed by atoms with E-state index in [0.29, 0.717) is 16.7 Å². The first-order valence-electron chi connectivity index (χ1n) is 7.09. The summed E-state index contributed by atoms with van der Waals surface area (Å²) in [6.07, 6.45) is 0. The summed E-state index contributed by atoms with van der Waals surface area (Å²) >= 11 is 0. The van der Waals surface area contributed by atoms with Crippen LogP contribution in [0.5, 0.6) is 0 Å². The zero-order valence-corrected chi connectivity index (χ0v) is 12.5. The van der Waals surface area contributed by atoms with Gasteiger partial charge in [0.25, 0.3) is 0 Å². The molecule has 0 spiro atoms. The number of ketones is 1. The number of hydrogen-bond acceptors (Lipinski definition) is 2. The predicted octanol–water partition coefficient (Wildman–Crippen LogP) is 4.96. The molecule has 0 bridgehead atoms. The Bertz CT molecular complexity index is 789. The summed E-state index contributed by atoms with van der Waals surface area (Å²) in [5.41, 5.74) is 1.90. The van der Waals surface area contributed by atoms with E-state index >= 15 is 0 Å². The molecular formula is C19H18O2. The summed E-state index contributed by atoms with van der Waals surface area (Å²) in [7, 11) is 0. The van der Waals surface area contributed by atoms with Crippen LogP contribution < -0.4 is 0 Å². The molecule has 0 fully saturated rings. The van der Waals surface area contributed by atoms with Gasteiger partial charge in [0, 0.05) is 16.4 Å². The van der Waals surface area contributed by atoms with Crippen LogP contribution in [0.2, 0.25) is 0 Å². The smallest absolute Gasteiger partial charge is 0.196 e. The lowest BCUT2D eigenvalue weighted by molar-refractivity contribution is 0.103. The van der Waals surface area contributed by atoms with Crippen LogP contribution in [0.25, 0.3) is 11.0 Å². The van der Waals surface area contributed by atoms with E-state index in [-0.39, 0.29) is 11.2 Å². The Balaban J connectivity index is 2.15. The summed E-state index contributed by atoms with van der Waals surface area (Å²) in [4.78, 5) is 12.7. The van der Waals surface area contributed by atoms with Gasteiger partial charge < -0.3 is 4.42 Å². The Morgan fingerprint density at radius 3 is 2.33 bits per heavy atom. The highest BCUT2D eigenvalue weighted by molar-refractivity contribution is 6.15. The molecule has 0 aliphatic rings. The fourth-order valence-corrected chi connectivity index (χ4v) is 2.36. The van der Waals surface area contributed by atoms with Crippen molar-refractivity contribution in [1.29, 1.82) is 0 Å². The first-order chi connectivity index (χ1) is 9.97. The minimum atomic E-state index is -0.0773. The van der Waals surface area contributed by atoms with E-state index in [1.165, 1.54) is 0 Å². The van der Waals surface area contributed by atoms with Crippen LogP contribution in [0.3, 0.4) is 0 Å². The summed E-state index contributed by atoms with van der Waals surface area (Å²) in [5.74, 6) is 0.891. The Kier molecular flexibility index (Phi) is 3.17. The molecule has 0 unspecified atom stereocenters. The number of carbonyl (C=O) groups is 1. The molecule has 106 valence electrons. The van der Waals surface area contributed by atoms with Crippen LogP contribution in [0, 0.1) is 0 Å². The van der Waals surface area contributed by atoms with Crippen molar-refractivity contribution in [3.63, 3.8) is 0 Å². The maximum atomic E-state index is 12.7. The second kappa shape index (κ2) is 4.88. The van der Waals surface area contributed by atoms with E-state index in [4.69, 9.17) is 4.42 Å². The number of hydrogen-bond donors (Lipinski definition) is 0. The summed E-state index contributed by atoms with van der Waals surface area (Å²) in [5, 5.41) is 0.974. The Hall–Kier alpha value is -2.35. The highest BCUT2D eigenvalue weighted by Gasteiger charge is 2.21. The molecular weight excluding hydrogens is 260 g/mol. The zero-order valence-electron chi connectivity index (χ0n) is 12.5. The van der Waals surface area contributed by atoms with E-state index in [2.05, 4.69) is 20.8 Å². The first-order valence-corrected chi connectivity index (χ1v) is 7.09. The molecule has 0 atom stereocenters. The van der Waals surface area contributed by atoms with Gasteiger partial charge in [-0.2, -0.15) is 0 Å².